The van der Waals surface area contributed by atoms with Gasteiger partial charge in [0.2, 0.25) is 5.91 Å². The quantitative estimate of drug-likeness (QED) is 0.790. The number of methoxy groups -OCH3 is 1. The van der Waals surface area contributed by atoms with Crippen LogP contribution >= 0.6 is 0 Å². The van der Waals surface area contributed by atoms with Crippen molar-refractivity contribution in [1.82, 2.24) is 4.90 Å². The second kappa shape index (κ2) is 6.64. The third-order valence-corrected chi connectivity index (χ3v) is 5.25. The van der Waals surface area contributed by atoms with Crippen LogP contribution in [0.2, 0.25) is 0 Å². The van der Waals surface area contributed by atoms with Gasteiger partial charge in [0.15, 0.2) is 0 Å². The van der Waals surface area contributed by atoms with Gasteiger partial charge in [0.05, 0.1) is 31.8 Å². The summed E-state index contributed by atoms with van der Waals surface area (Å²) < 4.78 is 10.1. The number of hydrogen-bond acceptors (Lipinski definition) is 4. The van der Waals surface area contributed by atoms with Crippen molar-refractivity contribution in [1.29, 1.82) is 0 Å². The van der Waals surface area contributed by atoms with E-state index in [4.69, 9.17) is 9.47 Å². The summed E-state index contributed by atoms with van der Waals surface area (Å²) in [6.07, 6.45) is 5.38. The molecule has 2 fully saturated rings. The molecule has 2 heterocycles. The Labute approximate surface area is 147 Å². The van der Waals surface area contributed by atoms with Crippen LogP contribution in [-0.4, -0.2) is 50.2 Å². The molecule has 25 heavy (non-hydrogen) atoms. The van der Waals surface area contributed by atoms with E-state index >= 15 is 0 Å². The first-order valence-corrected chi connectivity index (χ1v) is 8.95. The molecule has 0 unspecified atom stereocenters. The molecule has 1 saturated heterocycles. The van der Waals surface area contributed by atoms with E-state index in [0.29, 0.717) is 31.2 Å². The Morgan fingerprint density at radius 1 is 1.20 bits per heavy atom. The Morgan fingerprint density at radius 3 is 2.64 bits per heavy atom. The van der Waals surface area contributed by atoms with Gasteiger partial charge in [-0.25, -0.2) is 4.79 Å². The van der Waals surface area contributed by atoms with Crippen molar-refractivity contribution in [2.45, 2.75) is 25.2 Å². The lowest BCUT2D eigenvalue weighted by molar-refractivity contribution is -0.149. The molecule has 0 bridgehead atoms. The van der Waals surface area contributed by atoms with E-state index in [1.807, 2.05) is 17.0 Å². The number of nitrogens with zero attached hydrogens (tertiary/aromatic N) is 1. The standard InChI is InChI=1S/C20H23NO4/c1-24-20(23)17-8-15(13-4-5-13)7-16(9-17)14-3-2-6-21(10-14)19(22)18-11-25-12-18/h3,7-9,13,18H,2,4-6,10-12H2,1H3. The Hall–Kier alpha value is -2.14. The van der Waals surface area contributed by atoms with Crippen LogP contribution in [0.1, 0.15) is 46.7 Å². The number of carbonyl (C=O) groups excluding carboxylic acids is 2. The smallest absolute Gasteiger partial charge is 0.337 e. The molecule has 5 heteroatoms. The molecule has 1 aromatic rings. The molecule has 1 saturated carbocycles. The molecular weight excluding hydrogens is 318 g/mol. The van der Waals surface area contributed by atoms with Crippen molar-refractivity contribution in [3.8, 4) is 0 Å². The molecule has 1 aliphatic carbocycles. The molecule has 3 aliphatic rings. The first kappa shape index (κ1) is 16.3. The Bertz CT molecular complexity index is 731. The largest absolute Gasteiger partial charge is 0.465 e. The van der Waals surface area contributed by atoms with Gasteiger partial charge in [-0.3, -0.25) is 4.79 Å². The monoisotopic (exact) mass is 341 g/mol. The molecule has 0 N–H and O–H groups in total. The highest BCUT2D eigenvalue weighted by atomic mass is 16.5. The number of hydrogen-bond donors (Lipinski definition) is 0. The number of amides is 1. The SMILES string of the molecule is COC(=O)c1cc(C2=CCCN(C(=O)C3COC3)C2)cc(C2CC2)c1. The lowest BCUT2D eigenvalue weighted by Gasteiger charge is -2.34. The van der Waals surface area contributed by atoms with Crippen molar-refractivity contribution >= 4 is 17.4 Å². The first-order valence-electron chi connectivity index (χ1n) is 8.95. The average molecular weight is 341 g/mol. The zero-order chi connectivity index (χ0) is 17.4. The maximum atomic E-state index is 12.5. The van der Waals surface area contributed by atoms with E-state index in [1.54, 1.807) is 0 Å². The highest BCUT2D eigenvalue weighted by Gasteiger charge is 2.32. The molecule has 0 atom stereocenters. The van der Waals surface area contributed by atoms with Gasteiger partial charge < -0.3 is 14.4 Å². The third kappa shape index (κ3) is 3.33. The van der Waals surface area contributed by atoms with E-state index in [9.17, 15) is 9.59 Å². The molecule has 0 aromatic heterocycles. The van der Waals surface area contributed by atoms with Crippen LogP contribution in [0.3, 0.4) is 0 Å². The van der Waals surface area contributed by atoms with Crippen LogP contribution in [0.15, 0.2) is 24.3 Å². The maximum absolute atomic E-state index is 12.5. The highest BCUT2D eigenvalue weighted by Crippen LogP contribution is 2.41. The predicted octanol–water partition coefficient (Wildman–Crippen LogP) is 2.61. The van der Waals surface area contributed by atoms with Crippen LogP contribution in [0, 0.1) is 5.92 Å². The maximum Gasteiger partial charge on any atom is 0.337 e. The number of benzene rings is 1. The summed E-state index contributed by atoms with van der Waals surface area (Å²) in [5.74, 6) is 0.447. The van der Waals surface area contributed by atoms with Crippen LogP contribution in [0.4, 0.5) is 0 Å². The second-order valence-corrected chi connectivity index (χ2v) is 7.12. The second-order valence-electron chi connectivity index (χ2n) is 7.12. The lowest BCUT2D eigenvalue weighted by atomic mass is 9.94. The van der Waals surface area contributed by atoms with Crippen molar-refractivity contribution in [3.05, 3.63) is 41.0 Å². The molecule has 132 valence electrons. The first-order chi connectivity index (χ1) is 12.2. The Balaban J connectivity index is 1.59. The number of ether oxygens (including phenoxy) is 2. The van der Waals surface area contributed by atoms with E-state index in [-0.39, 0.29) is 17.8 Å². The van der Waals surface area contributed by atoms with E-state index in [2.05, 4.69) is 12.1 Å². The minimum Gasteiger partial charge on any atom is -0.465 e. The van der Waals surface area contributed by atoms with E-state index < -0.39 is 0 Å². The van der Waals surface area contributed by atoms with Gasteiger partial charge in [-0.1, -0.05) is 12.1 Å². The molecule has 1 amide bonds. The van der Waals surface area contributed by atoms with Crippen LogP contribution in [0.5, 0.6) is 0 Å². The summed E-state index contributed by atoms with van der Waals surface area (Å²) >= 11 is 0. The molecule has 0 radical (unpaired) electrons. The molecule has 1 aromatic carbocycles. The van der Waals surface area contributed by atoms with Crippen LogP contribution in [-0.2, 0) is 14.3 Å². The van der Waals surface area contributed by atoms with Crippen LogP contribution in [0.25, 0.3) is 5.57 Å². The molecule has 5 nitrogen and oxygen atoms in total. The minimum absolute atomic E-state index is 0.0165. The molecular formula is C20H23NO4. The molecule has 2 aliphatic heterocycles. The van der Waals surface area contributed by atoms with Gasteiger partial charge >= 0.3 is 5.97 Å². The van der Waals surface area contributed by atoms with E-state index in [1.165, 1.54) is 25.5 Å². The minimum atomic E-state index is -0.306. The van der Waals surface area contributed by atoms with Gasteiger partial charge in [-0.2, -0.15) is 0 Å². The normalized spacial score (nSPS) is 20.7. The Morgan fingerprint density at radius 2 is 2.00 bits per heavy atom. The predicted molar refractivity (Wildman–Crippen MR) is 93.2 cm³/mol. The van der Waals surface area contributed by atoms with Gasteiger partial charge in [0, 0.05) is 13.1 Å². The number of carbonyl (C=O) groups is 2. The summed E-state index contributed by atoms with van der Waals surface area (Å²) in [7, 11) is 1.41. The fourth-order valence-electron chi connectivity index (χ4n) is 3.50. The summed E-state index contributed by atoms with van der Waals surface area (Å²) in [4.78, 5) is 26.5. The zero-order valence-corrected chi connectivity index (χ0v) is 14.5. The van der Waals surface area contributed by atoms with Crippen molar-refractivity contribution in [3.63, 3.8) is 0 Å². The average Bonchev–Trinajstić information content (AvgIpc) is 3.44. The van der Waals surface area contributed by atoms with Crippen molar-refractivity contribution in [2.24, 2.45) is 5.92 Å². The van der Waals surface area contributed by atoms with Gasteiger partial charge in [0.1, 0.15) is 0 Å². The fourth-order valence-corrected chi connectivity index (χ4v) is 3.50. The summed E-state index contributed by atoms with van der Waals surface area (Å²) in [5, 5.41) is 0. The van der Waals surface area contributed by atoms with Gasteiger partial charge in [-0.15, -0.1) is 0 Å². The van der Waals surface area contributed by atoms with Crippen molar-refractivity contribution < 1.29 is 19.1 Å². The van der Waals surface area contributed by atoms with Gasteiger partial charge in [0.25, 0.3) is 0 Å². The lowest BCUT2D eigenvalue weighted by Crippen LogP contribution is -2.46. The third-order valence-electron chi connectivity index (χ3n) is 5.25. The number of rotatable bonds is 4. The summed E-state index contributed by atoms with van der Waals surface area (Å²) in [6, 6.07) is 6.02. The summed E-state index contributed by atoms with van der Waals surface area (Å²) in [5.41, 5.74) is 3.95. The highest BCUT2D eigenvalue weighted by molar-refractivity contribution is 5.91. The molecule has 0 spiro atoms. The topological polar surface area (TPSA) is 55.8 Å². The Kier molecular flexibility index (Phi) is 4.34. The van der Waals surface area contributed by atoms with E-state index in [0.717, 1.165) is 24.1 Å². The van der Waals surface area contributed by atoms with Crippen LogP contribution < -0.4 is 0 Å². The summed E-state index contributed by atoms with van der Waals surface area (Å²) in [6.45, 7) is 2.44. The van der Waals surface area contributed by atoms with Gasteiger partial charge in [-0.05, 0) is 54.0 Å². The fraction of sp³-hybridized carbons (Fsp3) is 0.500. The number of esters is 1. The molecule has 4 rings (SSSR count). The van der Waals surface area contributed by atoms with Crippen molar-refractivity contribution in [2.75, 3.05) is 33.4 Å². The zero-order valence-electron chi connectivity index (χ0n) is 14.5.